The highest BCUT2D eigenvalue weighted by Gasteiger charge is 2.18. The van der Waals surface area contributed by atoms with E-state index >= 15 is 0 Å². The molecule has 1 heterocycles. The van der Waals surface area contributed by atoms with Crippen molar-refractivity contribution in [2.75, 3.05) is 25.1 Å². The molecule has 0 unspecified atom stereocenters. The molecule has 2 N–H and O–H groups in total. The van der Waals surface area contributed by atoms with Crippen molar-refractivity contribution >= 4 is 17.5 Å². The molecular weight excluding hydrogens is 356 g/mol. The van der Waals surface area contributed by atoms with Crippen LogP contribution in [0.5, 0.6) is 5.75 Å². The first-order valence-electron chi connectivity index (χ1n) is 9.69. The Hall–Kier alpha value is -2.86. The summed E-state index contributed by atoms with van der Waals surface area (Å²) < 4.78 is 11.1. The van der Waals surface area contributed by atoms with E-state index in [4.69, 9.17) is 9.47 Å². The minimum absolute atomic E-state index is 0.0790. The predicted octanol–water partition coefficient (Wildman–Crippen LogP) is 3.39. The lowest BCUT2D eigenvalue weighted by Gasteiger charge is -2.14. The van der Waals surface area contributed by atoms with Crippen molar-refractivity contribution in [2.24, 2.45) is 0 Å². The van der Waals surface area contributed by atoms with Crippen LogP contribution in [0.25, 0.3) is 0 Å². The fourth-order valence-corrected chi connectivity index (χ4v) is 3.05. The van der Waals surface area contributed by atoms with Gasteiger partial charge in [0.25, 0.3) is 5.91 Å². The summed E-state index contributed by atoms with van der Waals surface area (Å²) in [6.07, 6.45) is 2.98. The van der Waals surface area contributed by atoms with Crippen LogP contribution < -0.4 is 15.4 Å². The smallest absolute Gasteiger partial charge is 0.253 e. The monoisotopic (exact) mass is 382 g/mol. The second kappa shape index (κ2) is 10.5. The van der Waals surface area contributed by atoms with Crippen LogP contribution in [0, 0.1) is 0 Å². The molecule has 1 aliphatic heterocycles. The van der Waals surface area contributed by atoms with Gasteiger partial charge in [0.1, 0.15) is 5.75 Å². The molecule has 0 radical (unpaired) electrons. The van der Waals surface area contributed by atoms with Crippen molar-refractivity contribution in [1.82, 2.24) is 5.32 Å². The van der Waals surface area contributed by atoms with E-state index in [0.717, 1.165) is 25.2 Å². The largest absolute Gasteiger partial charge is 0.494 e. The highest BCUT2D eigenvalue weighted by Crippen LogP contribution is 2.17. The SMILES string of the molecule is O=C(CCCOc1ccccc1)Nc1ccccc1C(=O)NC[C@@H]1CCCO1. The van der Waals surface area contributed by atoms with Gasteiger partial charge in [0.05, 0.1) is 24.0 Å². The van der Waals surface area contributed by atoms with E-state index < -0.39 is 0 Å². The molecule has 1 saturated heterocycles. The number of carbonyl (C=O) groups is 2. The summed E-state index contributed by atoms with van der Waals surface area (Å²) in [7, 11) is 0. The summed E-state index contributed by atoms with van der Waals surface area (Å²) in [5.74, 6) is 0.436. The third-order valence-electron chi connectivity index (χ3n) is 4.52. The van der Waals surface area contributed by atoms with E-state index in [0.29, 0.717) is 37.2 Å². The van der Waals surface area contributed by atoms with E-state index in [2.05, 4.69) is 10.6 Å². The normalized spacial score (nSPS) is 15.8. The number of rotatable bonds is 9. The minimum atomic E-state index is -0.209. The number of anilines is 1. The quantitative estimate of drug-likeness (QED) is 0.652. The number of hydrogen-bond acceptors (Lipinski definition) is 4. The lowest BCUT2D eigenvalue weighted by molar-refractivity contribution is -0.116. The standard InChI is InChI=1S/C22H26N2O4/c25-21(13-7-15-27-17-8-2-1-3-9-17)24-20-12-5-4-11-19(20)22(26)23-16-18-10-6-14-28-18/h1-5,8-9,11-12,18H,6-7,10,13-16H2,(H,23,26)(H,24,25)/t18-/m0/s1. The van der Waals surface area contributed by atoms with Crippen molar-refractivity contribution in [3.8, 4) is 5.75 Å². The Morgan fingerprint density at radius 1 is 1.07 bits per heavy atom. The van der Waals surface area contributed by atoms with E-state index in [1.54, 1.807) is 24.3 Å². The average Bonchev–Trinajstić information content (AvgIpc) is 3.24. The van der Waals surface area contributed by atoms with Gasteiger partial charge >= 0.3 is 0 Å². The van der Waals surface area contributed by atoms with Crippen molar-refractivity contribution in [3.63, 3.8) is 0 Å². The summed E-state index contributed by atoms with van der Waals surface area (Å²) >= 11 is 0. The first-order chi connectivity index (χ1) is 13.7. The molecule has 2 aromatic rings. The zero-order chi connectivity index (χ0) is 19.6. The molecule has 3 rings (SSSR count). The summed E-state index contributed by atoms with van der Waals surface area (Å²) in [6.45, 7) is 1.69. The molecule has 1 atom stereocenters. The Labute approximate surface area is 165 Å². The van der Waals surface area contributed by atoms with Crippen LogP contribution >= 0.6 is 0 Å². The molecule has 6 nitrogen and oxygen atoms in total. The Kier molecular flexibility index (Phi) is 7.44. The van der Waals surface area contributed by atoms with E-state index in [1.165, 1.54) is 0 Å². The molecule has 1 fully saturated rings. The third kappa shape index (κ3) is 6.09. The lowest BCUT2D eigenvalue weighted by atomic mass is 10.1. The first-order valence-corrected chi connectivity index (χ1v) is 9.69. The Balaban J connectivity index is 1.45. The fraction of sp³-hybridized carbons (Fsp3) is 0.364. The van der Waals surface area contributed by atoms with Crippen LogP contribution in [0.2, 0.25) is 0 Å². The van der Waals surface area contributed by atoms with Crippen LogP contribution in [0.3, 0.4) is 0 Å². The van der Waals surface area contributed by atoms with Gasteiger partial charge in [-0.1, -0.05) is 30.3 Å². The second-order valence-electron chi connectivity index (χ2n) is 6.70. The van der Waals surface area contributed by atoms with E-state index in [1.807, 2.05) is 30.3 Å². The summed E-state index contributed by atoms with van der Waals surface area (Å²) in [6, 6.07) is 16.5. The first kappa shape index (κ1) is 19.9. The Morgan fingerprint density at radius 3 is 2.64 bits per heavy atom. The topological polar surface area (TPSA) is 76.7 Å². The number of para-hydroxylation sites is 2. The van der Waals surface area contributed by atoms with Crippen LogP contribution in [0.15, 0.2) is 54.6 Å². The molecule has 28 heavy (non-hydrogen) atoms. The van der Waals surface area contributed by atoms with Crippen molar-refractivity contribution in [3.05, 3.63) is 60.2 Å². The molecular formula is C22H26N2O4. The molecule has 0 aromatic heterocycles. The molecule has 2 aromatic carbocycles. The number of nitrogens with one attached hydrogen (secondary N) is 2. The lowest BCUT2D eigenvalue weighted by Crippen LogP contribution is -2.32. The van der Waals surface area contributed by atoms with Gasteiger partial charge in [0, 0.05) is 19.6 Å². The number of amides is 2. The van der Waals surface area contributed by atoms with Crippen molar-refractivity contribution in [1.29, 1.82) is 0 Å². The van der Waals surface area contributed by atoms with Gasteiger partial charge in [-0.05, 0) is 43.5 Å². The minimum Gasteiger partial charge on any atom is -0.494 e. The fourth-order valence-electron chi connectivity index (χ4n) is 3.05. The molecule has 0 spiro atoms. The molecule has 0 saturated carbocycles. The molecule has 148 valence electrons. The molecule has 1 aliphatic rings. The Bertz CT molecular complexity index is 773. The molecule has 0 aliphatic carbocycles. The average molecular weight is 382 g/mol. The highest BCUT2D eigenvalue weighted by atomic mass is 16.5. The number of carbonyl (C=O) groups excluding carboxylic acids is 2. The zero-order valence-electron chi connectivity index (χ0n) is 15.9. The number of hydrogen-bond donors (Lipinski definition) is 2. The van der Waals surface area contributed by atoms with Gasteiger partial charge in [0.15, 0.2) is 0 Å². The number of ether oxygens (including phenoxy) is 2. The van der Waals surface area contributed by atoms with E-state index in [9.17, 15) is 9.59 Å². The predicted molar refractivity (Wildman–Crippen MR) is 108 cm³/mol. The maximum Gasteiger partial charge on any atom is 0.253 e. The van der Waals surface area contributed by atoms with E-state index in [-0.39, 0.29) is 17.9 Å². The highest BCUT2D eigenvalue weighted by molar-refractivity contribution is 6.03. The summed E-state index contributed by atoms with van der Waals surface area (Å²) in [5.41, 5.74) is 0.968. The van der Waals surface area contributed by atoms with Crippen molar-refractivity contribution in [2.45, 2.75) is 31.8 Å². The molecule has 6 heteroatoms. The van der Waals surface area contributed by atoms with Gasteiger partial charge in [-0.25, -0.2) is 0 Å². The van der Waals surface area contributed by atoms with Gasteiger partial charge in [-0.3, -0.25) is 9.59 Å². The maximum absolute atomic E-state index is 12.5. The molecule has 0 bridgehead atoms. The Morgan fingerprint density at radius 2 is 1.86 bits per heavy atom. The summed E-state index contributed by atoms with van der Waals surface area (Å²) in [5, 5.41) is 5.72. The van der Waals surface area contributed by atoms with Crippen LogP contribution in [-0.2, 0) is 9.53 Å². The summed E-state index contributed by atoms with van der Waals surface area (Å²) in [4.78, 5) is 24.7. The van der Waals surface area contributed by atoms with Gasteiger partial charge in [-0.2, -0.15) is 0 Å². The maximum atomic E-state index is 12.5. The van der Waals surface area contributed by atoms with Gasteiger partial charge in [0.2, 0.25) is 5.91 Å². The van der Waals surface area contributed by atoms with Crippen molar-refractivity contribution < 1.29 is 19.1 Å². The van der Waals surface area contributed by atoms with Crippen LogP contribution in [-0.4, -0.2) is 37.7 Å². The zero-order valence-corrected chi connectivity index (χ0v) is 15.9. The van der Waals surface area contributed by atoms with Crippen LogP contribution in [0.1, 0.15) is 36.0 Å². The second-order valence-corrected chi connectivity index (χ2v) is 6.70. The van der Waals surface area contributed by atoms with Gasteiger partial charge < -0.3 is 20.1 Å². The van der Waals surface area contributed by atoms with Crippen LogP contribution in [0.4, 0.5) is 5.69 Å². The third-order valence-corrected chi connectivity index (χ3v) is 4.52. The van der Waals surface area contributed by atoms with Gasteiger partial charge in [-0.15, -0.1) is 0 Å². The number of benzene rings is 2. The molecule has 2 amide bonds.